The maximum absolute atomic E-state index is 12.6. The van der Waals surface area contributed by atoms with E-state index >= 15 is 0 Å². The Bertz CT molecular complexity index is 473. The lowest BCUT2D eigenvalue weighted by molar-refractivity contribution is -0.386. The van der Waals surface area contributed by atoms with E-state index in [1.54, 1.807) is 6.07 Å². The van der Waals surface area contributed by atoms with Gasteiger partial charge in [-0.25, -0.2) is 13.8 Å². The van der Waals surface area contributed by atoms with E-state index in [0.29, 0.717) is 6.07 Å². The monoisotopic (exact) mass is 247 g/mol. The fraction of sp³-hybridized carbons (Fsp3) is 0.250. The molecule has 0 saturated carbocycles. The first-order valence-corrected chi connectivity index (χ1v) is 4.47. The minimum Gasteiger partial charge on any atom is -0.258 e. The van der Waals surface area contributed by atoms with Gasteiger partial charge in [-0.1, -0.05) is 0 Å². The molecule has 0 fully saturated rings. The highest BCUT2D eigenvalue weighted by molar-refractivity contribution is 6.17. The molecule has 0 spiro atoms. The van der Waals surface area contributed by atoms with E-state index in [4.69, 9.17) is 16.9 Å². The van der Waals surface area contributed by atoms with Crippen LogP contribution in [0.5, 0.6) is 0 Å². The fourth-order valence-corrected chi connectivity index (χ4v) is 1.34. The summed E-state index contributed by atoms with van der Waals surface area (Å²) >= 11 is 5.35. The van der Waals surface area contributed by atoms with E-state index in [1.165, 1.54) is 0 Å². The second-order valence-corrected chi connectivity index (χ2v) is 2.96. The Hall–Kier alpha value is -1.81. The molecule has 0 atom stereocenters. The smallest absolute Gasteiger partial charge is 0.258 e. The molecule has 8 heteroatoms. The molecule has 0 saturated heterocycles. The van der Waals surface area contributed by atoms with Crippen LogP contribution >= 0.6 is 11.6 Å². The van der Waals surface area contributed by atoms with Crippen LogP contribution in [-0.4, -0.2) is 9.91 Å². The van der Waals surface area contributed by atoms with Crippen LogP contribution in [0.3, 0.4) is 0 Å². The zero-order valence-corrected chi connectivity index (χ0v) is 8.41. The molecule has 0 aliphatic heterocycles. The predicted molar refractivity (Wildman–Crippen MR) is 50.1 cm³/mol. The molecule has 16 heavy (non-hydrogen) atoms. The molecule has 1 aromatic rings. The Morgan fingerprint density at radius 3 is 2.69 bits per heavy atom. The van der Waals surface area contributed by atoms with Crippen LogP contribution < -0.4 is 0 Å². The Labute approximate surface area is 93.4 Å². The summed E-state index contributed by atoms with van der Waals surface area (Å²) in [6.07, 6.45) is -3.06. The van der Waals surface area contributed by atoms with Crippen LogP contribution in [0, 0.1) is 21.4 Å². The molecule has 0 unspecified atom stereocenters. The van der Waals surface area contributed by atoms with Crippen molar-refractivity contribution in [3.05, 3.63) is 33.1 Å². The van der Waals surface area contributed by atoms with Crippen molar-refractivity contribution in [2.24, 2.45) is 0 Å². The van der Waals surface area contributed by atoms with Crippen LogP contribution in [-0.2, 0) is 5.88 Å². The van der Waals surface area contributed by atoms with Crippen molar-refractivity contribution in [2.45, 2.75) is 12.3 Å². The third-order valence-corrected chi connectivity index (χ3v) is 2.02. The number of aromatic nitrogens is 1. The average Bonchev–Trinajstić information content (AvgIpc) is 2.26. The lowest BCUT2D eigenvalue weighted by atomic mass is 10.1. The van der Waals surface area contributed by atoms with Gasteiger partial charge in [-0.05, 0) is 0 Å². The van der Waals surface area contributed by atoms with Gasteiger partial charge in [0.15, 0.2) is 0 Å². The van der Waals surface area contributed by atoms with Crippen molar-refractivity contribution in [3.8, 4) is 6.07 Å². The molecular formula is C8H4ClF2N3O2. The third-order valence-electron chi connectivity index (χ3n) is 1.77. The van der Waals surface area contributed by atoms with E-state index in [1.807, 2.05) is 0 Å². The number of hydrogen-bond donors (Lipinski definition) is 0. The Balaban J connectivity index is 3.55. The highest BCUT2D eigenvalue weighted by Gasteiger charge is 2.27. The Kier molecular flexibility index (Phi) is 3.68. The van der Waals surface area contributed by atoms with Crippen molar-refractivity contribution in [1.29, 1.82) is 5.26 Å². The van der Waals surface area contributed by atoms with Crippen LogP contribution in [0.25, 0.3) is 0 Å². The second-order valence-electron chi connectivity index (χ2n) is 2.69. The topological polar surface area (TPSA) is 79.8 Å². The van der Waals surface area contributed by atoms with Gasteiger partial charge in [0.05, 0.1) is 22.6 Å². The molecule has 1 heterocycles. The number of hydrogen-bond acceptors (Lipinski definition) is 4. The van der Waals surface area contributed by atoms with Crippen molar-refractivity contribution in [2.75, 3.05) is 0 Å². The lowest BCUT2D eigenvalue weighted by Gasteiger charge is -2.06. The quantitative estimate of drug-likeness (QED) is 0.467. The maximum Gasteiger partial charge on any atom is 0.283 e. The van der Waals surface area contributed by atoms with E-state index in [2.05, 4.69) is 4.98 Å². The molecule has 84 valence electrons. The van der Waals surface area contributed by atoms with E-state index in [-0.39, 0.29) is 11.4 Å². The minimum atomic E-state index is -3.06. The number of rotatable bonds is 3. The van der Waals surface area contributed by atoms with Gasteiger partial charge in [-0.2, -0.15) is 5.26 Å². The SMILES string of the molecule is N#Cc1cc([N+](=O)[O-])c(C(F)F)c(CCl)n1. The van der Waals surface area contributed by atoms with Crippen LogP contribution in [0.4, 0.5) is 14.5 Å². The maximum atomic E-state index is 12.6. The molecule has 0 radical (unpaired) electrons. The number of pyridine rings is 1. The molecule has 0 bridgehead atoms. The number of alkyl halides is 3. The molecule has 0 aromatic carbocycles. The van der Waals surface area contributed by atoms with Gasteiger partial charge in [0.1, 0.15) is 17.3 Å². The average molecular weight is 248 g/mol. The molecule has 0 N–H and O–H groups in total. The van der Waals surface area contributed by atoms with Crippen LogP contribution in [0.2, 0.25) is 0 Å². The molecule has 0 amide bonds. The summed E-state index contributed by atoms with van der Waals surface area (Å²) < 4.78 is 25.2. The summed E-state index contributed by atoms with van der Waals surface area (Å²) in [6.45, 7) is 0. The summed E-state index contributed by atoms with van der Waals surface area (Å²) in [7, 11) is 0. The standard InChI is InChI=1S/C8H4ClF2N3O2/c9-2-5-7(8(10)11)6(14(15)16)1-4(3-12)13-5/h1,8H,2H2. The van der Waals surface area contributed by atoms with Gasteiger partial charge < -0.3 is 0 Å². The summed E-state index contributed by atoms with van der Waals surface area (Å²) in [5.74, 6) is -0.421. The van der Waals surface area contributed by atoms with E-state index in [0.717, 1.165) is 0 Å². The predicted octanol–water partition coefficient (Wildman–Crippen LogP) is 2.54. The van der Waals surface area contributed by atoms with Crippen molar-refractivity contribution < 1.29 is 13.7 Å². The lowest BCUT2D eigenvalue weighted by Crippen LogP contribution is -2.04. The number of halogens is 3. The zero-order valence-electron chi connectivity index (χ0n) is 7.65. The first-order valence-electron chi connectivity index (χ1n) is 3.93. The first kappa shape index (κ1) is 12.3. The highest BCUT2D eigenvalue weighted by Crippen LogP contribution is 2.32. The Morgan fingerprint density at radius 2 is 2.31 bits per heavy atom. The van der Waals surface area contributed by atoms with Gasteiger partial charge in [-0.3, -0.25) is 10.1 Å². The first-order chi connectivity index (χ1) is 7.51. The summed E-state index contributed by atoms with van der Waals surface area (Å²) in [6, 6.07) is 2.25. The van der Waals surface area contributed by atoms with Gasteiger partial charge >= 0.3 is 0 Å². The van der Waals surface area contributed by atoms with Crippen molar-refractivity contribution in [3.63, 3.8) is 0 Å². The number of nitrogens with zero attached hydrogens (tertiary/aromatic N) is 3. The fourth-order valence-electron chi connectivity index (χ4n) is 1.14. The van der Waals surface area contributed by atoms with Crippen LogP contribution in [0.1, 0.15) is 23.4 Å². The normalized spacial score (nSPS) is 10.2. The minimum absolute atomic E-state index is 0.313. The van der Waals surface area contributed by atoms with Crippen molar-refractivity contribution in [1.82, 2.24) is 4.98 Å². The van der Waals surface area contributed by atoms with Gasteiger partial charge in [0.2, 0.25) is 0 Å². The zero-order chi connectivity index (χ0) is 12.3. The largest absolute Gasteiger partial charge is 0.283 e. The molecule has 5 nitrogen and oxygen atoms in total. The van der Waals surface area contributed by atoms with E-state index in [9.17, 15) is 18.9 Å². The summed E-state index contributed by atoms with van der Waals surface area (Å²) in [5, 5.41) is 19.1. The van der Waals surface area contributed by atoms with Gasteiger partial charge in [0, 0.05) is 0 Å². The summed E-state index contributed by atoms with van der Waals surface area (Å²) in [4.78, 5) is 13.1. The van der Waals surface area contributed by atoms with E-state index < -0.39 is 28.5 Å². The van der Waals surface area contributed by atoms with Gasteiger partial charge in [-0.15, -0.1) is 11.6 Å². The Morgan fingerprint density at radius 1 is 1.69 bits per heavy atom. The number of nitro groups is 1. The van der Waals surface area contributed by atoms with Crippen LogP contribution in [0.15, 0.2) is 6.07 Å². The molecule has 0 aliphatic rings. The number of nitriles is 1. The van der Waals surface area contributed by atoms with Gasteiger partial charge in [0.25, 0.3) is 12.1 Å². The molecular weight excluding hydrogens is 244 g/mol. The van der Waals surface area contributed by atoms with Crippen molar-refractivity contribution >= 4 is 17.3 Å². The molecule has 1 rings (SSSR count). The summed E-state index contributed by atoms with van der Waals surface area (Å²) in [5.41, 5.74) is -2.33. The third kappa shape index (κ3) is 2.23. The second kappa shape index (κ2) is 4.81. The molecule has 1 aromatic heterocycles. The molecule has 0 aliphatic carbocycles. The highest BCUT2D eigenvalue weighted by atomic mass is 35.5.